The van der Waals surface area contributed by atoms with Crippen LogP contribution in [0.25, 0.3) is 0 Å². The molecule has 1 aromatic heterocycles. The van der Waals surface area contributed by atoms with Crippen LogP contribution in [0.1, 0.15) is 26.6 Å². The maximum absolute atomic E-state index is 13.0. The van der Waals surface area contributed by atoms with Crippen molar-refractivity contribution in [2.24, 2.45) is 0 Å². The first-order chi connectivity index (χ1) is 17.2. The molecule has 0 N–H and O–H groups in total. The first-order valence-electron chi connectivity index (χ1n) is 11.4. The standard InChI is InChI=1S/C25H23F3N4O3S/c1-16-5-6-21-20(11-16)32(23(33)14-35-21)13-22-29-19(15-36-22)24(34)31-9-7-30(8-10-31)18-4-2-3-17(12-18)25(26,27)28/h2-6,11-12,15H,7-10,13-14H2,1H3. The van der Waals surface area contributed by atoms with Crippen molar-refractivity contribution in [1.29, 1.82) is 0 Å². The summed E-state index contributed by atoms with van der Waals surface area (Å²) in [6.45, 7) is 3.70. The summed E-state index contributed by atoms with van der Waals surface area (Å²) in [5, 5.41) is 2.31. The lowest BCUT2D eigenvalue weighted by atomic mass is 10.1. The fourth-order valence-corrected chi connectivity index (χ4v) is 5.07. The second kappa shape index (κ2) is 9.45. The number of piperazine rings is 1. The van der Waals surface area contributed by atoms with Gasteiger partial charge in [-0.05, 0) is 42.8 Å². The van der Waals surface area contributed by atoms with Crippen molar-refractivity contribution in [2.45, 2.75) is 19.6 Å². The molecule has 7 nitrogen and oxygen atoms in total. The monoisotopic (exact) mass is 516 g/mol. The van der Waals surface area contributed by atoms with Crippen LogP contribution in [-0.4, -0.2) is 54.5 Å². The Kier molecular flexibility index (Phi) is 6.33. The smallest absolute Gasteiger partial charge is 0.416 e. The lowest BCUT2D eigenvalue weighted by molar-refractivity contribution is -0.137. The summed E-state index contributed by atoms with van der Waals surface area (Å²) in [5.41, 5.74) is 1.77. The Morgan fingerprint density at radius 2 is 1.89 bits per heavy atom. The Morgan fingerprint density at radius 1 is 1.11 bits per heavy atom. The first kappa shape index (κ1) is 24.1. The average molecular weight is 517 g/mol. The van der Waals surface area contributed by atoms with Crippen LogP contribution >= 0.6 is 11.3 Å². The molecule has 1 fully saturated rings. The van der Waals surface area contributed by atoms with Crippen LogP contribution in [-0.2, 0) is 17.5 Å². The number of aromatic nitrogens is 1. The number of ether oxygens (including phenoxy) is 1. The Morgan fingerprint density at radius 3 is 2.64 bits per heavy atom. The molecular formula is C25H23F3N4O3S. The molecule has 11 heteroatoms. The maximum Gasteiger partial charge on any atom is 0.416 e. The number of carbonyl (C=O) groups is 2. The highest BCUT2D eigenvalue weighted by atomic mass is 32.1. The van der Waals surface area contributed by atoms with Gasteiger partial charge in [0.1, 0.15) is 16.5 Å². The molecule has 0 atom stereocenters. The van der Waals surface area contributed by atoms with Gasteiger partial charge in [-0.3, -0.25) is 14.5 Å². The maximum atomic E-state index is 13.0. The molecule has 2 aromatic carbocycles. The summed E-state index contributed by atoms with van der Waals surface area (Å²) >= 11 is 1.31. The topological polar surface area (TPSA) is 66.0 Å². The fraction of sp³-hybridized carbons (Fsp3) is 0.320. The molecule has 0 saturated carbocycles. The van der Waals surface area contributed by atoms with E-state index in [1.165, 1.54) is 17.4 Å². The Bertz CT molecular complexity index is 1300. The SMILES string of the molecule is Cc1ccc2c(c1)N(Cc1nc(C(=O)N3CCN(c4cccc(C(F)(F)F)c4)CC3)cs1)C(=O)CO2. The summed E-state index contributed by atoms with van der Waals surface area (Å²) in [5.74, 6) is 0.222. The lowest BCUT2D eigenvalue weighted by Crippen LogP contribution is -2.49. The van der Waals surface area contributed by atoms with E-state index < -0.39 is 11.7 Å². The van der Waals surface area contributed by atoms with Crippen LogP contribution < -0.4 is 14.5 Å². The minimum absolute atomic E-state index is 0.0522. The van der Waals surface area contributed by atoms with E-state index in [1.807, 2.05) is 30.0 Å². The molecule has 3 heterocycles. The van der Waals surface area contributed by atoms with E-state index in [9.17, 15) is 22.8 Å². The van der Waals surface area contributed by atoms with Gasteiger partial charge in [0.2, 0.25) is 0 Å². The zero-order chi connectivity index (χ0) is 25.4. The van der Waals surface area contributed by atoms with Crippen molar-refractivity contribution >= 4 is 34.5 Å². The predicted octanol–water partition coefficient (Wildman–Crippen LogP) is 4.36. The number of thiazole rings is 1. The van der Waals surface area contributed by atoms with Crippen molar-refractivity contribution in [3.63, 3.8) is 0 Å². The molecule has 0 unspecified atom stereocenters. The van der Waals surface area contributed by atoms with Crippen molar-refractivity contribution in [3.05, 3.63) is 69.7 Å². The summed E-state index contributed by atoms with van der Waals surface area (Å²) in [6, 6.07) is 10.9. The average Bonchev–Trinajstić information content (AvgIpc) is 3.34. The van der Waals surface area contributed by atoms with Gasteiger partial charge < -0.3 is 14.5 Å². The van der Waals surface area contributed by atoms with Crippen LogP contribution in [0.4, 0.5) is 24.5 Å². The number of fused-ring (bicyclic) bond motifs is 1. The molecule has 0 radical (unpaired) electrons. The normalized spacial score (nSPS) is 16.1. The minimum atomic E-state index is -4.40. The molecule has 2 amide bonds. The third kappa shape index (κ3) is 4.88. The number of alkyl halides is 3. The molecule has 1 saturated heterocycles. The highest BCUT2D eigenvalue weighted by Crippen LogP contribution is 2.34. The van der Waals surface area contributed by atoms with Gasteiger partial charge >= 0.3 is 6.18 Å². The third-order valence-electron chi connectivity index (χ3n) is 6.23. The largest absolute Gasteiger partial charge is 0.482 e. The number of carbonyl (C=O) groups excluding carboxylic acids is 2. The minimum Gasteiger partial charge on any atom is -0.482 e. The van der Waals surface area contributed by atoms with Gasteiger partial charge in [0.05, 0.1) is 17.8 Å². The summed E-state index contributed by atoms with van der Waals surface area (Å²) < 4.78 is 44.7. The summed E-state index contributed by atoms with van der Waals surface area (Å²) in [7, 11) is 0. The van der Waals surface area contributed by atoms with Gasteiger partial charge in [0, 0.05) is 37.2 Å². The highest BCUT2D eigenvalue weighted by Gasteiger charge is 2.32. The van der Waals surface area contributed by atoms with Crippen molar-refractivity contribution in [1.82, 2.24) is 9.88 Å². The quantitative estimate of drug-likeness (QED) is 0.516. The first-order valence-corrected chi connectivity index (χ1v) is 12.3. The lowest BCUT2D eigenvalue weighted by Gasteiger charge is -2.36. The van der Waals surface area contributed by atoms with E-state index in [1.54, 1.807) is 21.2 Å². The van der Waals surface area contributed by atoms with Crippen molar-refractivity contribution < 1.29 is 27.5 Å². The van der Waals surface area contributed by atoms with E-state index in [0.717, 1.165) is 17.7 Å². The number of amides is 2. The molecule has 0 bridgehead atoms. The number of halogens is 3. The van der Waals surface area contributed by atoms with Gasteiger partial charge in [-0.1, -0.05) is 12.1 Å². The number of hydrogen-bond acceptors (Lipinski definition) is 6. The molecule has 5 rings (SSSR count). The number of anilines is 2. The predicted molar refractivity (Wildman–Crippen MR) is 130 cm³/mol. The third-order valence-corrected chi connectivity index (χ3v) is 7.06. The molecule has 188 valence electrons. The van der Waals surface area contributed by atoms with Crippen molar-refractivity contribution in [2.75, 3.05) is 42.6 Å². The second-order valence-electron chi connectivity index (χ2n) is 8.69. The van der Waals surface area contributed by atoms with Crippen LogP contribution in [0, 0.1) is 6.92 Å². The zero-order valence-corrected chi connectivity index (χ0v) is 20.2. The Hall–Kier alpha value is -3.60. The Labute approximate surface area is 209 Å². The molecular weight excluding hydrogens is 493 g/mol. The number of nitrogens with zero attached hydrogens (tertiary/aromatic N) is 4. The van der Waals surface area contributed by atoms with Gasteiger partial charge in [0.15, 0.2) is 6.61 Å². The summed E-state index contributed by atoms with van der Waals surface area (Å²) in [4.78, 5) is 35.2. The van der Waals surface area contributed by atoms with Gasteiger partial charge in [0.25, 0.3) is 11.8 Å². The van der Waals surface area contributed by atoms with E-state index >= 15 is 0 Å². The van der Waals surface area contributed by atoms with Gasteiger partial charge in [-0.25, -0.2) is 4.98 Å². The van der Waals surface area contributed by atoms with Crippen molar-refractivity contribution in [3.8, 4) is 5.75 Å². The molecule has 2 aliphatic heterocycles. The van der Waals surface area contributed by atoms with E-state index in [-0.39, 0.29) is 25.0 Å². The van der Waals surface area contributed by atoms with Gasteiger partial charge in [-0.2, -0.15) is 13.2 Å². The number of benzene rings is 2. The van der Waals surface area contributed by atoms with Crippen LogP contribution in [0.5, 0.6) is 5.75 Å². The molecule has 3 aromatic rings. The Balaban J connectivity index is 1.23. The summed E-state index contributed by atoms with van der Waals surface area (Å²) in [6.07, 6.45) is -4.40. The molecule has 0 spiro atoms. The number of rotatable bonds is 4. The fourth-order valence-electron chi connectivity index (χ4n) is 4.31. The molecule has 2 aliphatic rings. The van der Waals surface area contributed by atoms with E-state index in [0.29, 0.717) is 54.0 Å². The zero-order valence-electron chi connectivity index (χ0n) is 19.4. The van der Waals surface area contributed by atoms with Crippen LogP contribution in [0.3, 0.4) is 0 Å². The van der Waals surface area contributed by atoms with Crippen LogP contribution in [0.2, 0.25) is 0 Å². The van der Waals surface area contributed by atoms with E-state index in [4.69, 9.17) is 4.74 Å². The number of hydrogen-bond donors (Lipinski definition) is 0. The van der Waals surface area contributed by atoms with Gasteiger partial charge in [-0.15, -0.1) is 11.3 Å². The van der Waals surface area contributed by atoms with Crippen LogP contribution in [0.15, 0.2) is 47.8 Å². The second-order valence-corrected chi connectivity index (χ2v) is 9.64. The van der Waals surface area contributed by atoms with E-state index in [2.05, 4.69) is 4.98 Å². The molecule has 0 aliphatic carbocycles. The highest BCUT2D eigenvalue weighted by molar-refractivity contribution is 7.09. The number of aryl methyl sites for hydroxylation is 1. The molecule has 36 heavy (non-hydrogen) atoms.